The first-order chi connectivity index (χ1) is 9.11. The third-order valence-corrected chi connectivity index (χ3v) is 3.40. The van der Waals surface area contributed by atoms with E-state index in [-0.39, 0.29) is 11.9 Å². The Hall–Kier alpha value is -2.46. The van der Waals surface area contributed by atoms with E-state index in [0.29, 0.717) is 21.3 Å². The van der Waals surface area contributed by atoms with E-state index in [1.165, 1.54) is 11.3 Å². The number of hydrogen-bond acceptors (Lipinski definition) is 6. The van der Waals surface area contributed by atoms with E-state index in [0.717, 1.165) is 0 Å². The van der Waals surface area contributed by atoms with Crippen LogP contribution >= 0.6 is 11.3 Å². The van der Waals surface area contributed by atoms with Gasteiger partial charge in [-0.15, -0.1) is 10.2 Å². The summed E-state index contributed by atoms with van der Waals surface area (Å²) in [6.07, 6.45) is 0. The normalized spacial score (nSPS) is 11.6. The first-order valence-electron chi connectivity index (χ1n) is 5.50. The maximum Gasteiger partial charge on any atom is 0.253 e. The average Bonchev–Trinajstić information content (AvgIpc) is 2.85. The van der Waals surface area contributed by atoms with E-state index in [1.54, 1.807) is 31.2 Å². The molecule has 0 radical (unpaired) electrons. The number of nitriles is 1. The third kappa shape index (κ3) is 2.86. The second kappa shape index (κ2) is 5.46. The molecule has 0 fully saturated rings. The van der Waals surface area contributed by atoms with E-state index < -0.39 is 0 Å². The van der Waals surface area contributed by atoms with Crippen molar-refractivity contribution in [3.63, 3.8) is 0 Å². The van der Waals surface area contributed by atoms with Gasteiger partial charge in [-0.2, -0.15) is 5.26 Å². The van der Waals surface area contributed by atoms with Crippen LogP contribution in [0.25, 0.3) is 0 Å². The molecule has 0 spiro atoms. The van der Waals surface area contributed by atoms with Crippen molar-refractivity contribution < 1.29 is 4.79 Å². The second-order valence-electron chi connectivity index (χ2n) is 3.83. The summed E-state index contributed by atoms with van der Waals surface area (Å²) < 4.78 is 0. The number of hydrogen-bond donors (Lipinski definition) is 2. The molecule has 0 saturated heterocycles. The second-order valence-corrected chi connectivity index (χ2v) is 4.87. The van der Waals surface area contributed by atoms with Crippen molar-refractivity contribution in [1.82, 2.24) is 15.5 Å². The highest BCUT2D eigenvalue weighted by Crippen LogP contribution is 2.19. The fourth-order valence-corrected chi connectivity index (χ4v) is 2.15. The Bertz CT molecular complexity index is 646. The smallest absolute Gasteiger partial charge is 0.253 e. The number of aromatic nitrogens is 2. The van der Waals surface area contributed by atoms with E-state index in [4.69, 9.17) is 11.0 Å². The topological polar surface area (TPSA) is 105 Å². The summed E-state index contributed by atoms with van der Waals surface area (Å²) in [4.78, 5) is 12.1. The Balaban J connectivity index is 2.15. The standard InChI is InChI=1S/C12H11N5OS/c1-7(11-16-17-12(14)19-11)15-10(18)9-5-3-2-4-8(9)6-13/h2-5,7H,1H3,(H2,14,17)(H,15,18)/t7-/m0/s1. The van der Waals surface area contributed by atoms with E-state index in [9.17, 15) is 4.79 Å². The molecule has 1 amide bonds. The number of anilines is 1. The van der Waals surface area contributed by atoms with Crippen LogP contribution in [0.4, 0.5) is 5.13 Å². The number of amides is 1. The minimum atomic E-state index is -0.321. The van der Waals surface area contributed by atoms with Crippen molar-refractivity contribution in [2.75, 3.05) is 5.73 Å². The summed E-state index contributed by atoms with van der Waals surface area (Å²) in [7, 11) is 0. The predicted octanol–water partition coefficient (Wildman–Crippen LogP) is 1.48. The Morgan fingerprint density at radius 1 is 1.47 bits per heavy atom. The molecule has 7 heteroatoms. The average molecular weight is 273 g/mol. The van der Waals surface area contributed by atoms with Crippen molar-refractivity contribution in [3.8, 4) is 6.07 Å². The Morgan fingerprint density at radius 2 is 2.21 bits per heavy atom. The molecule has 0 aliphatic rings. The van der Waals surface area contributed by atoms with Gasteiger partial charge in [0, 0.05) is 0 Å². The van der Waals surface area contributed by atoms with E-state index in [2.05, 4.69) is 15.5 Å². The van der Waals surface area contributed by atoms with Gasteiger partial charge in [-0.05, 0) is 19.1 Å². The van der Waals surface area contributed by atoms with Crippen LogP contribution in [0, 0.1) is 11.3 Å². The van der Waals surface area contributed by atoms with Gasteiger partial charge in [-0.3, -0.25) is 4.79 Å². The highest BCUT2D eigenvalue weighted by atomic mass is 32.1. The van der Waals surface area contributed by atoms with Crippen LogP contribution < -0.4 is 11.1 Å². The Morgan fingerprint density at radius 3 is 2.84 bits per heavy atom. The van der Waals surface area contributed by atoms with Crippen LogP contribution in [0.2, 0.25) is 0 Å². The zero-order valence-electron chi connectivity index (χ0n) is 10.1. The lowest BCUT2D eigenvalue weighted by Gasteiger charge is -2.11. The molecule has 2 aromatic rings. The molecule has 0 aliphatic heterocycles. The van der Waals surface area contributed by atoms with Gasteiger partial charge >= 0.3 is 0 Å². The molecule has 2 rings (SSSR count). The number of rotatable bonds is 3. The number of nitrogens with two attached hydrogens (primary N) is 1. The molecule has 0 saturated carbocycles. The number of nitrogen functional groups attached to an aromatic ring is 1. The highest BCUT2D eigenvalue weighted by molar-refractivity contribution is 7.15. The number of carbonyl (C=O) groups is 1. The largest absolute Gasteiger partial charge is 0.374 e. The van der Waals surface area contributed by atoms with Gasteiger partial charge in [0.05, 0.1) is 23.2 Å². The summed E-state index contributed by atoms with van der Waals surface area (Å²) in [5.74, 6) is -0.321. The number of benzene rings is 1. The van der Waals surface area contributed by atoms with Gasteiger partial charge in [0.15, 0.2) is 0 Å². The van der Waals surface area contributed by atoms with Crippen LogP contribution in [-0.4, -0.2) is 16.1 Å². The zero-order chi connectivity index (χ0) is 13.8. The predicted molar refractivity (Wildman–Crippen MR) is 71.4 cm³/mol. The molecule has 0 unspecified atom stereocenters. The lowest BCUT2D eigenvalue weighted by molar-refractivity contribution is 0.0939. The summed E-state index contributed by atoms with van der Waals surface area (Å²) in [5, 5.41) is 20.3. The fourth-order valence-electron chi connectivity index (χ4n) is 1.54. The SMILES string of the molecule is C[C@H](NC(=O)c1ccccc1C#N)c1nnc(N)s1. The molecule has 96 valence electrons. The molecule has 1 aromatic heterocycles. The summed E-state index contributed by atoms with van der Waals surface area (Å²) >= 11 is 1.22. The molecule has 1 atom stereocenters. The van der Waals surface area contributed by atoms with Gasteiger partial charge in [-0.25, -0.2) is 0 Å². The molecule has 1 heterocycles. The summed E-state index contributed by atoms with van der Waals surface area (Å²) in [6.45, 7) is 1.78. The summed E-state index contributed by atoms with van der Waals surface area (Å²) in [5.41, 5.74) is 6.17. The molecule has 0 aliphatic carbocycles. The van der Waals surface area contributed by atoms with Crippen LogP contribution in [0.5, 0.6) is 0 Å². The first kappa shape index (κ1) is 13.0. The first-order valence-corrected chi connectivity index (χ1v) is 6.32. The molecule has 6 nitrogen and oxygen atoms in total. The van der Waals surface area contributed by atoms with Gasteiger partial charge in [0.25, 0.3) is 5.91 Å². The molecule has 19 heavy (non-hydrogen) atoms. The van der Waals surface area contributed by atoms with Crippen LogP contribution in [-0.2, 0) is 0 Å². The van der Waals surface area contributed by atoms with Crippen molar-refractivity contribution in [1.29, 1.82) is 5.26 Å². The molecule has 0 bridgehead atoms. The number of nitrogens with zero attached hydrogens (tertiary/aromatic N) is 3. The molecule has 3 N–H and O–H groups in total. The van der Waals surface area contributed by atoms with Crippen molar-refractivity contribution in [3.05, 3.63) is 40.4 Å². The lowest BCUT2D eigenvalue weighted by atomic mass is 10.1. The van der Waals surface area contributed by atoms with Crippen LogP contribution in [0.15, 0.2) is 24.3 Å². The van der Waals surface area contributed by atoms with Crippen LogP contribution in [0.1, 0.15) is 33.9 Å². The highest BCUT2D eigenvalue weighted by Gasteiger charge is 2.17. The lowest BCUT2D eigenvalue weighted by Crippen LogP contribution is -2.27. The number of nitrogens with one attached hydrogen (secondary N) is 1. The van der Waals surface area contributed by atoms with Gasteiger partial charge in [-0.1, -0.05) is 23.5 Å². The van der Waals surface area contributed by atoms with Crippen molar-refractivity contribution in [2.45, 2.75) is 13.0 Å². The Kier molecular flexibility index (Phi) is 3.73. The van der Waals surface area contributed by atoms with E-state index in [1.807, 2.05) is 6.07 Å². The van der Waals surface area contributed by atoms with Gasteiger partial charge < -0.3 is 11.1 Å². The molecule has 1 aromatic carbocycles. The maximum atomic E-state index is 12.1. The van der Waals surface area contributed by atoms with Gasteiger partial charge in [0.1, 0.15) is 5.01 Å². The molecular weight excluding hydrogens is 262 g/mol. The maximum absolute atomic E-state index is 12.1. The number of carbonyl (C=O) groups excluding carboxylic acids is 1. The minimum absolute atomic E-state index is 0.311. The quantitative estimate of drug-likeness (QED) is 0.881. The molecular formula is C12H11N5OS. The van der Waals surface area contributed by atoms with Crippen molar-refractivity contribution in [2.24, 2.45) is 0 Å². The van der Waals surface area contributed by atoms with Crippen LogP contribution in [0.3, 0.4) is 0 Å². The Labute approximate surface area is 113 Å². The van der Waals surface area contributed by atoms with Crippen molar-refractivity contribution >= 4 is 22.4 Å². The zero-order valence-corrected chi connectivity index (χ0v) is 10.9. The fraction of sp³-hybridized carbons (Fsp3) is 0.167. The minimum Gasteiger partial charge on any atom is -0.374 e. The van der Waals surface area contributed by atoms with E-state index >= 15 is 0 Å². The summed E-state index contributed by atoms with van der Waals surface area (Å²) in [6, 6.07) is 8.31. The third-order valence-electron chi connectivity index (χ3n) is 2.47. The monoisotopic (exact) mass is 273 g/mol. The van der Waals surface area contributed by atoms with Gasteiger partial charge in [0.2, 0.25) is 5.13 Å².